The molecule has 0 aromatic carbocycles. The largest absolute Gasteiger partial charge is 0.301 e. The molecule has 0 unspecified atom stereocenters. The summed E-state index contributed by atoms with van der Waals surface area (Å²) in [5, 5.41) is 1.17. The summed E-state index contributed by atoms with van der Waals surface area (Å²) in [6, 6.07) is 0. The van der Waals surface area contributed by atoms with E-state index < -0.39 is 0 Å². The molecular weight excluding hydrogens is 346 g/mol. The van der Waals surface area contributed by atoms with Crippen LogP contribution in [-0.4, -0.2) is 39.0 Å². The maximum atomic E-state index is 12.4. The Morgan fingerprint density at radius 2 is 2.04 bits per heavy atom. The van der Waals surface area contributed by atoms with Gasteiger partial charge in [0.1, 0.15) is 4.83 Å². The van der Waals surface area contributed by atoms with Crippen molar-refractivity contribution >= 4 is 45.1 Å². The van der Waals surface area contributed by atoms with Crippen molar-refractivity contribution in [1.29, 1.82) is 0 Å². The number of aromatic nitrogens is 2. The molecule has 0 atom stereocenters. The molecule has 0 spiro atoms. The number of imide groups is 1. The lowest BCUT2D eigenvalue weighted by molar-refractivity contribution is -0.140. The monoisotopic (exact) mass is 363 g/mol. The van der Waals surface area contributed by atoms with Crippen molar-refractivity contribution in [3.8, 4) is 0 Å². The van der Waals surface area contributed by atoms with E-state index in [0.717, 1.165) is 47.9 Å². The first-order valence-electron chi connectivity index (χ1n) is 8.14. The summed E-state index contributed by atoms with van der Waals surface area (Å²) >= 11 is 2.78. The Bertz CT molecular complexity index is 887. The Labute approximate surface area is 146 Å². The molecule has 1 N–H and O–H groups in total. The van der Waals surface area contributed by atoms with Gasteiger partial charge >= 0.3 is 0 Å². The summed E-state index contributed by atoms with van der Waals surface area (Å²) < 4.78 is 0. The third-order valence-electron chi connectivity index (χ3n) is 4.51. The molecule has 0 saturated carbocycles. The molecule has 1 saturated heterocycles. The van der Waals surface area contributed by atoms with Crippen LogP contribution in [0.15, 0.2) is 9.95 Å². The van der Waals surface area contributed by atoms with Crippen molar-refractivity contribution in [2.24, 2.45) is 0 Å². The highest BCUT2D eigenvalue weighted by Gasteiger charge is 2.26. The number of fused-ring (bicyclic) bond motifs is 3. The number of thiophene rings is 1. The zero-order valence-corrected chi connectivity index (χ0v) is 14.7. The molecule has 0 bridgehead atoms. The van der Waals surface area contributed by atoms with Gasteiger partial charge in [-0.3, -0.25) is 19.3 Å². The lowest BCUT2D eigenvalue weighted by atomic mass is 9.97. The second-order valence-electron chi connectivity index (χ2n) is 6.09. The predicted molar refractivity (Wildman–Crippen MR) is 93.6 cm³/mol. The highest BCUT2D eigenvalue weighted by atomic mass is 32.2. The van der Waals surface area contributed by atoms with Crippen LogP contribution in [0, 0.1) is 0 Å². The van der Waals surface area contributed by atoms with Gasteiger partial charge in [0.2, 0.25) is 11.8 Å². The van der Waals surface area contributed by atoms with Crippen molar-refractivity contribution in [3.05, 3.63) is 20.8 Å². The Hall–Kier alpha value is -1.67. The van der Waals surface area contributed by atoms with Crippen molar-refractivity contribution in [2.75, 3.05) is 12.3 Å². The number of hydrogen-bond donors (Lipinski definition) is 1. The Balaban J connectivity index is 1.56. The molecule has 2 aromatic rings. The van der Waals surface area contributed by atoms with E-state index in [-0.39, 0.29) is 23.1 Å². The van der Waals surface area contributed by atoms with Crippen LogP contribution >= 0.6 is 23.1 Å². The zero-order chi connectivity index (χ0) is 16.7. The van der Waals surface area contributed by atoms with Gasteiger partial charge in [-0.25, -0.2) is 4.98 Å². The van der Waals surface area contributed by atoms with Gasteiger partial charge in [-0.15, -0.1) is 11.3 Å². The predicted octanol–water partition coefficient (Wildman–Crippen LogP) is 2.10. The minimum atomic E-state index is -0.212. The van der Waals surface area contributed by atoms with Crippen molar-refractivity contribution in [2.45, 2.75) is 43.7 Å². The lowest BCUT2D eigenvalue weighted by Crippen LogP contribution is -2.33. The molecule has 3 heterocycles. The van der Waals surface area contributed by atoms with E-state index in [0.29, 0.717) is 18.1 Å². The molecule has 0 radical (unpaired) electrons. The second kappa shape index (κ2) is 6.33. The van der Waals surface area contributed by atoms with Crippen LogP contribution in [0.5, 0.6) is 0 Å². The van der Waals surface area contributed by atoms with E-state index >= 15 is 0 Å². The topological polar surface area (TPSA) is 83.1 Å². The maximum absolute atomic E-state index is 12.4. The van der Waals surface area contributed by atoms with Crippen LogP contribution in [0.25, 0.3) is 10.2 Å². The zero-order valence-electron chi connectivity index (χ0n) is 13.1. The second-order valence-corrected chi connectivity index (χ2v) is 8.14. The Kier molecular flexibility index (Phi) is 4.17. The molecule has 8 heteroatoms. The number of aryl methyl sites for hydroxylation is 2. The molecule has 6 nitrogen and oxygen atoms in total. The first kappa shape index (κ1) is 15.8. The number of hydrogen-bond acceptors (Lipinski definition) is 6. The molecule has 2 amide bonds. The first-order chi connectivity index (χ1) is 11.6. The van der Waals surface area contributed by atoms with E-state index in [4.69, 9.17) is 0 Å². The number of nitrogens with one attached hydrogen (secondary N) is 1. The average molecular weight is 363 g/mol. The molecule has 1 fully saturated rings. The van der Waals surface area contributed by atoms with Gasteiger partial charge in [-0.05, 0) is 37.7 Å². The SMILES string of the molecule is O=C1CCCN1C(=O)CSc1nc2sc3c(c2c(=O)[nH]1)CCCC3. The summed E-state index contributed by atoms with van der Waals surface area (Å²) in [4.78, 5) is 46.8. The van der Waals surface area contributed by atoms with Gasteiger partial charge in [-0.1, -0.05) is 11.8 Å². The summed E-state index contributed by atoms with van der Waals surface area (Å²) in [7, 11) is 0. The van der Waals surface area contributed by atoms with E-state index in [2.05, 4.69) is 9.97 Å². The average Bonchev–Trinajstić information content (AvgIpc) is 3.15. The number of amides is 2. The van der Waals surface area contributed by atoms with Crippen LogP contribution in [0.3, 0.4) is 0 Å². The number of H-pyrrole nitrogens is 1. The van der Waals surface area contributed by atoms with E-state index in [1.807, 2.05) is 0 Å². The number of aromatic amines is 1. The van der Waals surface area contributed by atoms with E-state index in [1.54, 1.807) is 11.3 Å². The van der Waals surface area contributed by atoms with Crippen LogP contribution < -0.4 is 5.56 Å². The molecule has 24 heavy (non-hydrogen) atoms. The number of carbonyl (C=O) groups is 2. The van der Waals surface area contributed by atoms with Crippen LogP contribution in [-0.2, 0) is 22.4 Å². The number of thioether (sulfide) groups is 1. The fourth-order valence-corrected chi connectivity index (χ4v) is 5.39. The number of nitrogens with zero attached hydrogens (tertiary/aromatic N) is 2. The molecular formula is C16H17N3O3S2. The molecule has 4 rings (SSSR count). The normalized spacial score (nSPS) is 17.5. The van der Waals surface area contributed by atoms with Gasteiger partial charge in [0.25, 0.3) is 5.56 Å². The minimum absolute atomic E-state index is 0.108. The first-order valence-corrected chi connectivity index (χ1v) is 9.94. The summed E-state index contributed by atoms with van der Waals surface area (Å²) in [5.41, 5.74) is 1.04. The van der Waals surface area contributed by atoms with Crippen molar-refractivity contribution < 1.29 is 9.59 Å². The molecule has 126 valence electrons. The molecule has 1 aliphatic heterocycles. The maximum Gasteiger partial charge on any atom is 0.260 e. The van der Waals surface area contributed by atoms with Gasteiger partial charge in [0.05, 0.1) is 11.1 Å². The van der Waals surface area contributed by atoms with Crippen LogP contribution in [0.1, 0.15) is 36.1 Å². The van der Waals surface area contributed by atoms with E-state index in [9.17, 15) is 14.4 Å². The molecule has 2 aliphatic rings. The van der Waals surface area contributed by atoms with Crippen molar-refractivity contribution in [3.63, 3.8) is 0 Å². The Morgan fingerprint density at radius 1 is 1.21 bits per heavy atom. The summed E-state index contributed by atoms with van der Waals surface area (Å²) in [5.74, 6) is -0.204. The third-order valence-corrected chi connectivity index (χ3v) is 6.55. The highest BCUT2D eigenvalue weighted by Crippen LogP contribution is 2.34. The Morgan fingerprint density at radius 3 is 2.83 bits per heavy atom. The van der Waals surface area contributed by atoms with E-state index in [1.165, 1.54) is 21.5 Å². The molecule has 1 aliphatic carbocycles. The highest BCUT2D eigenvalue weighted by molar-refractivity contribution is 7.99. The van der Waals surface area contributed by atoms with Gasteiger partial charge in [-0.2, -0.15) is 0 Å². The fourth-order valence-electron chi connectivity index (χ4n) is 3.33. The van der Waals surface area contributed by atoms with Gasteiger partial charge in [0.15, 0.2) is 5.16 Å². The van der Waals surface area contributed by atoms with Crippen LogP contribution in [0.2, 0.25) is 0 Å². The number of rotatable bonds is 3. The summed E-state index contributed by atoms with van der Waals surface area (Å²) in [6.07, 6.45) is 5.43. The van der Waals surface area contributed by atoms with Gasteiger partial charge in [0, 0.05) is 17.8 Å². The van der Waals surface area contributed by atoms with Crippen molar-refractivity contribution in [1.82, 2.24) is 14.9 Å². The molecule has 2 aromatic heterocycles. The lowest BCUT2D eigenvalue weighted by Gasteiger charge is -2.12. The minimum Gasteiger partial charge on any atom is -0.301 e. The smallest absolute Gasteiger partial charge is 0.260 e. The van der Waals surface area contributed by atoms with Gasteiger partial charge < -0.3 is 4.98 Å². The third kappa shape index (κ3) is 2.77. The quantitative estimate of drug-likeness (QED) is 0.667. The number of carbonyl (C=O) groups excluding carboxylic acids is 2. The fraction of sp³-hybridized carbons (Fsp3) is 0.500. The van der Waals surface area contributed by atoms with Crippen LogP contribution in [0.4, 0.5) is 0 Å². The standard InChI is InChI=1S/C16H17N3O3S2/c20-11-6-3-7-19(11)12(21)8-23-16-17-14(22)13-9-4-1-2-5-10(9)24-15(13)18-16/h1-8H2,(H,17,18,22). The summed E-state index contributed by atoms with van der Waals surface area (Å²) in [6.45, 7) is 0.499. The number of likely N-dealkylation sites (tertiary alicyclic amines) is 1.